The summed E-state index contributed by atoms with van der Waals surface area (Å²) >= 11 is 1.10. The highest BCUT2D eigenvalue weighted by Crippen LogP contribution is 2.25. The van der Waals surface area contributed by atoms with Gasteiger partial charge in [0.25, 0.3) is 11.5 Å². The average molecular weight is 368 g/mol. The third-order valence-corrected chi connectivity index (χ3v) is 5.30. The Kier molecular flexibility index (Phi) is 4.73. The van der Waals surface area contributed by atoms with Crippen LogP contribution in [0.3, 0.4) is 0 Å². The summed E-state index contributed by atoms with van der Waals surface area (Å²) in [6, 6.07) is 12.6. The molecule has 0 radical (unpaired) electrons. The number of hydrogen-bond donors (Lipinski definition) is 0. The molecule has 0 aliphatic heterocycles. The summed E-state index contributed by atoms with van der Waals surface area (Å²) in [6.45, 7) is 0.241. The first-order chi connectivity index (χ1) is 12.5. The maximum Gasteiger partial charge on any atom is 0.331 e. The molecule has 3 aromatic rings. The Labute approximate surface area is 152 Å². The Bertz CT molecular complexity index is 1140. The van der Waals surface area contributed by atoms with Gasteiger partial charge in [-0.05, 0) is 18.2 Å². The highest BCUT2D eigenvalue weighted by atomic mass is 32.1. The molecule has 0 atom stereocenters. The van der Waals surface area contributed by atoms with E-state index in [2.05, 4.69) is 0 Å². The van der Waals surface area contributed by atoms with Crippen LogP contribution in [-0.2, 0) is 14.1 Å². The van der Waals surface area contributed by atoms with E-state index in [-0.39, 0.29) is 18.9 Å². The van der Waals surface area contributed by atoms with Crippen molar-refractivity contribution in [2.24, 2.45) is 14.1 Å². The molecular weight excluding hydrogens is 352 g/mol. The van der Waals surface area contributed by atoms with E-state index in [4.69, 9.17) is 5.26 Å². The topological polar surface area (TPSA) is 88.1 Å². The van der Waals surface area contributed by atoms with Crippen molar-refractivity contribution in [3.05, 3.63) is 62.1 Å². The van der Waals surface area contributed by atoms with Gasteiger partial charge in [-0.25, -0.2) is 4.79 Å². The SMILES string of the molecule is Cn1c(=O)c2cc(C(=O)N(CCC#N)c3ccccc3)sc2n(C)c1=O. The fourth-order valence-electron chi connectivity index (χ4n) is 2.72. The number of amides is 1. The zero-order valence-electron chi connectivity index (χ0n) is 14.3. The zero-order chi connectivity index (χ0) is 18.8. The maximum atomic E-state index is 13.0. The van der Waals surface area contributed by atoms with Gasteiger partial charge in [-0.2, -0.15) is 5.26 Å². The van der Waals surface area contributed by atoms with Crippen molar-refractivity contribution in [3.8, 4) is 6.07 Å². The number of fused-ring (bicyclic) bond motifs is 1. The summed E-state index contributed by atoms with van der Waals surface area (Å²) in [5.41, 5.74) is -0.193. The lowest BCUT2D eigenvalue weighted by Crippen LogP contribution is -2.36. The summed E-state index contributed by atoms with van der Waals surface area (Å²) in [7, 11) is 2.98. The second-order valence-corrected chi connectivity index (χ2v) is 6.77. The van der Waals surface area contributed by atoms with Gasteiger partial charge in [0, 0.05) is 26.3 Å². The second kappa shape index (κ2) is 6.98. The predicted octanol–water partition coefficient (Wildman–Crippen LogP) is 1.86. The van der Waals surface area contributed by atoms with Crippen LogP contribution in [0.2, 0.25) is 0 Å². The lowest BCUT2D eigenvalue weighted by molar-refractivity contribution is 0.0991. The molecule has 8 heteroatoms. The summed E-state index contributed by atoms with van der Waals surface area (Å²) in [6.07, 6.45) is 0.186. The van der Waals surface area contributed by atoms with Crippen LogP contribution in [0.4, 0.5) is 5.69 Å². The fourth-order valence-corrected chi connectivity index (χ4v) is 3.77. The molecule has 1 aromatic carbocycles. The van der Waals surface area contributed by atoms with Crippen molar-refractivity contribution < 1.29 is 4.79 Å². The van der Waals surface area contributed by atoms with E-state index < -0.39 is 11.2 Å². The number of nitrogens with zero attached hydrogens (tertiary/aromatic N) is 4. The van der Waals surface area contributed by atoms with Gasteiger partial charge in [-0.1, -0.05) is 18.2 Å². The molecule has 26 heavy (non-hydrogen) atoms. The number of thiophene rings is 1. The first-order valence-electron chi connectivity index (χ1n) is 7.89. The van der Waals surface area contributed by atoms with E-state index in [0.29, 0.717) is 20.8 Å². The number of benzene rings is 1. The van der Waals surface area contributed by atoms with Gasteiger partial charge < -0.3 is 4.90 Å². The number of nitriles is 1. The van der Waals surface area contributed by atoms with E-state index in [1.807, 2.05) is 24.3 Å². The van der Waals surface area contributed by atoms with Crippen LogP contribution in [0, 0.1) is 11.3 Å². The van der Waals surface area contributed by atoms with Gasteiger partial charge in [0.15, 0.2) is 0 Å². The number of anilines is 1. The molecule has 132 valence electrons. The molecule has 1 amide bonds. The van der Waals surface area contributed by atoms with Crippen LogP contribution in [0.25, 0.3) is 10.2 Å². The van der Waals surface area contributed by atoms with Crippen LogP contribution < -0.4 is 16.1 Å². The number of hydrogen-bond acceptors (Lipinski definition) is 5. The molecule has 0 fully saturated rings. The minimum absolute atomic E-state index is 0.186. The average Bonchev–Trinajstić information content (AvgIpc) is 3.11. The summed E-state index contributed by atoms with van der Waals surface area (Å²) < 4.78 is 2.38. The molecule has 0 aliphatic rings. The van der Waals surface area contributed by atoms with Crippen LogP contribution in [-0.4, -0.2) is 21.6 Å². The number of aryl methyl sites for hydroxylation is 1. The minimum Gasteiger partial charge on any atom is -0.307 e. The Morgan fingerprint density at radius 2 is 1.88 bits per heavy atom. The van der Waals surface area contributed by atoms with Crippen LogP contribution in [0.15, 0.2) is 46.0 Å². The smallest absolute Gasteiger partial charge is 0.307 e. The van der Waals surface area contributed by atoms with E-state index in [1.54, 1.807) is 19.2 Å². The van der Waals surface area contributed by atoms with E-state index in [1.165, 1.54) is 22.6 Å². The Hall–Kier alpha value is -3.18. The molecule has 0 aliphatic carbocycles. The van der Waals surface area contributed by atoms with Gasteiger partial charge >= 0.3 is 5.69 Å². The Morgan fingerprint density at radius 1 is 1.19 bits per heavy atom. The molecule has 3 rings (SSSR count). The molecule has 0 spiro atoms. The predicted molar refractivity (Wildman–Crippen MR) is 101 cm³/mol. The first kappa shape index (κ1) is 17.6. The molecule has 2 aromatic heterocycles. The van der Waals surface area contributed by atoms with E-state index >= 15 is 0 Å². The van der Waals surface area contributed by atoms with Crippen molar-refractivity contribution in [1.82, 2.24) is 9.13 Å². The number of carbonyl (C=O) groups is 1. The molecule has 0 bridgehead atoms. The van der Waals surface area contributed by atoms with Gasteiger partial charge in [0.2, 0.25) is 0 Å². The first-order valence-corrected chi connectivity index (χ1v) is 8.70. The second-order valence-electron chi connectivity index (χ2n) is 5.74. The zero-order valence-corrected chi connectivity index (χ0v) is 15.1. The molecule has 0 unspecified atom stereocenters. The third-order valence-electron chi connectivity index (χ3n) is 4.10. The number of para-hydroxylation sites is 1. The Morgan fingerprint density at radius 3 is 2.54 bits per heavy atom. The lowest BCUT2D eigenvalue weighted by atomic mass is 10.2. The molecule has 0 saturated heterocycles. The molecule has 2 heterocycles. The normalized spacial score (nSPS) is 10.7. The van der Waals surface area contributed by atoms with Gasteiger partial charge in [-0.3, -0.25) is 18.7 Å². The van der Waals surface area contributed by atoms with Crippen LogP contribution in [0.5, 0.6) is 0 Å². The molecular formula is C18H16N4O3S. The van der Waals surface area contributed by atoms with Crippen molar-refractivity contribution in [1.29, 1.82) is 5.26 Å². The monoisotopic (exact) mass is 368 g/mol. The van der Waals surface area contributed by atoms with Gasteiger partial charge in [0.05, 0.1) is 22.8 Å². The largest absolute Gasteiger partial charge is 0.331 e. The fraction of sp³-hybridized carbons (Fsp3) is 0.222. The molecule has 0 saturated carbocycles. The molecule has 7 nitrogen and oxygen atoms in total. The van der Waals surface area contributed by atoms with Crippen LogP contribution in [0.1, 0.15) is 16.1 Å². The van der Waals surface area contributed by atoms with E-state index in [9.17, 15) is 14.4 Å². The van der Waals surface area contributed by atoms with Gasteiger partial charge in [-0.15, -0.1) is 11.3 Å². The number of aromatic nitrogens is 2. The maximum absolute atomic E-state index is 13.0. The Balaban J connectivity index is 2.12. The summed E-state index contributed by atoms with van der Waals surface area (Å²) in [4.78, 5) is 39.8. The summed E-state index contributed by atoms with van der Waals surface area (Å²) in [5, 5.41) is 9.22. The minimum atomic E-state index is -0.437. The standard InChI is InChI=1S/C18H16N4O3S/c1-20-15(23)13-11-14(26-17(13)21(2)18(20)25)16(24)22(10-6-9-19)12-7-4-3-5-8-12/h3-5,7-8,11H,6,10H2,1-2H3. The highest BCUT2D eigenvalue weighted by molar-refractivity contribution is 7.20. The van der Waals surface area contributed by atoms with Crippen molar-refractivity contribution in [2.45, 2.75) is 6.42 Å². The van der Waals surface area contributed by atoms with Crippen molar-refractivity contribution in [2.75, 3.05) is 11.4 Å². The highest BCUT2D eigenvalue weighted by Gasteiger charge is 2.22. The van der Waals surface area contributed by atoms with Gasteiger partial charge in [0.1, 0.15) is 4.83 Å². The van der Waals surface area contributed by atoms with Crippen molar-refractivity contribution >= 4 is 33.1 Å². The third kappa shape index (κ3) is 2.93. The quantitative estimate of drug-likeness (QED) is 0.703. The van der Waals surface area contributed by atoms with Crippen LogP contribution >= 0.6 is 11.3 Å². The van der Waals surface area contributed by atoms with E-state index in [0.717, 1.165) is 15.9 Å². The van der Waals surface area contributed by atoms with Crippen molar-refractivity contribution in [3.63, 3.8) is 0 Å². The number of carbonyl (C=O) groups excluding carboxylic acids is 1. The number of rotatable bonds is 4. The lowest BCUT2D eigenvalue weighted by Gasteiger charge is -2.20. The summed E-state index contributed by atoms with van der Waals surface area (Å²) in [5.74, 6) is -0.304. The molecule has 0 N–H and O–H groups in total.